The molecule has 5 nitrogen and oxygen atoms in total. The van der Waals surface area contributed by atoms with Crippen LogP contribution in [0.2, 0.25) is 0 Å². The number of piperidine rings is 1. The summed E-state index contributed by atoms with van der Waals surface area (Å²) in [6.07, 6.45) is 7.05. The van der Waals surface area contributed by atoms with Gasteiger partial charge in [-0.3, -0.25) is 0 Å². The Bertz CT molecular complexity index is 710. The molecule has 0 amide bonds. The molecule has 1 aromatic carbocycles. The highest BCUT2D eigenvalue weighted by molar-refractivity contribution is 7.88. The molecule has 1 aliphatic carbocycles. The molecule has 2 unspecified atom stereocenters. The van der Waals surface area contributed by atoms with Crippen LogP contribution in [-0.2, 0) is 10.0 Å². The highest BCUT2D eigenvalue weighted by atomic mass is 32.2. The second kappa shape index (κ2) is 8.65. The molecule has 1 saturated carbocycles. The molecule has 1 aromatic rings. The molecule has 2 atom stereocenters. The summed E-state index contributed by atoms with van der Waals surface area (Å²) in [6, 6.07) is 11.7. The monoisotopic (exact) mass is 377 g/mol. The Balaban J connectivity index is 1.36. The van der Waals surface area contributed by atoms with Crippen molar-refractivity contribution in [2.45, 2.75) is 38.3 Å². The molecule has 26 heavy (non-hydrogen) atoms. The third-order valence-corrected chi connectivity index (χ3v) is 6.13. The molecule has 1 aliphatic heterocycles. The summed E-state index contributed by atoms with van der Waals surface area (Å²) >= 11 is 0. The highest BCUT2D eigenvalue weighted by Crippen LogP contribution is 2.38. The van der Waals surface area contributed by atoms with E-state index in [-0.39, 0.29) is 0 Å². The van der Waals surface area contributed by atoms with Gasteiger partial charge < -0.3 is 10.2 Å². The molecule has 144 valence electrons. The van der Waals surface area contributed by atoms with Gasteiger partial charge in [-0.1, -0.05) is 42.0 Å². The molecule has 0 spiro atoms. The first kappa shape index (κ1) is 19.5. The SMILES string of the molecule is C/C(=C\c1ccccc1)C1CC1NC1CCN(CCNS(C)(=O)=O)CC1. The summed E-state index contributed by atoms with van der Waals surface area (Å²) in [4.78, 5) is 2.35. The number of hydrogen-bond acceptors (Lipinski definition) is 4. The van der Waals surface area contributed by atoms with E-state index < -0.39 is 10.0 Å². The van der Waals surface area contributed by atoms with Gasteiger partial charge in [0.1, 0.15) is 0 Å². The van der Waals surface area contributed by atoms with Crippen molar-refractivity contribution in [3.05, 3.63) is 41.5 Å². The van der Waals surface area contributed by atoms with Crippen LogP contribution in [0.3, 0.4) is 0 Å². The van der Waals surface area contributed by atoms with Gasteiger partial charge in [0.05, 0.1) is 6.26 Å². The fourth-order valence-corrected chi connectivity index (χ4v) is 4.28. The van der Waals surface area contributed by atoms with Crippen molar-refractivity contribution in [2.75, 3.05) is 32.4 Å². The van der Waals surface area contributed by atoms with Gasteiger partial charge in [-0.25, -0.2) is 13.1 Å². The van der Waals surface area contributed by atoms with Crippen LogP contribution in [0.1, 0.15) is 31.7 Å². The molecule has 1 heterocycles. The quantitative estimate of drug-likeness (QED) is 0.728. The normalized spacial score (nSPS) is 25.4. The summed E-state index contributed by atoms with van der Waals surface area (Å²) in [5, 5.41) is 3.83. The minimum Gasteiger partial charge on any atom is -0.311 e. The Hall–Kier alpha value is -1.21. The topological polar surface area (TPSA) is 61.4 Å². The maximum atomic E-state index is 11.1. The first-order chi connectivity index (χ1) is 12.4. The molecule has 0 aromatic heterocycles. The lowest BCUT2D eigenvalue weighted by atomic mass is 10.0. The predicted octanol–water partition coefficient (Wildman–Crippen LogP) is 2.08. The number of benzene rings is 1. The van der Waals surface area contributed by atoms with E-state index in [2.05, 4.69) is 58.3 Å². The number of nitrogens with zero attached hydrogens (tertiary/aromatic N) is 1. The number of hydrogen-bond donors (Lipinski definition) is 2. The summed E-state index contributed by atoms with van der Waals surface area (Å²) < 4.78 is 24.8. The minimum absolute atomic E-state index is 0.505. The third-order valence-electron chi connectivity index (χ3n) is 5.40. The summed E-state index contributed by atoms with van der Waals surface area (Å²) in [5.41, 5.74) is 2.75. The van der Waals surface area contributed by atoms with Crippen molar-refractivity contribution in [3.63, 3.8) is 0 Å². The molecule has 3 rings (SSSR count). The van der Waals surface area contributed by atoms with Gasteiger partial charge in [-0.15, -0.1) is 0 Å². The minimum atomic E-state index is -3.07. The highest BCUT2D eigenvalue weighted by Gasteiger charge is 2.39. The summed E-state index contributed by atoms with van der Waals surface area (Å²) in [7, 11) is -3.07. The first-order valence-corrected chi connectivity index (χ1v) is 11.5. The zero-order chi connectivity index (χ0) is 18.6. The number of sulfonamides is 1. The standard InChI is InChI=1S/C20H31N3O2S/c1-16(14-17-6-4-3-5-7-17)19-15-20(19)22-18-8-11-23(12-9-18)13-10-21-26(2,24)25/h3-7,14,18-22H,8-13,15H2,1-2H3/b16-14+. The van der Waals surface area contributed by atoms with Crippen LogP contribution in [-0.4, -0.2) is 57.8 Å². The lowest BCUT2D eigenvalue weighted by molar-refractivity contribution is 0.199. The zero-order valence-electron chi connectivity index (χ0n) is 15.8. The largest absolute Gasteiger partial charge is 0.311 e. The van der Waals surface area contributed by atoms with Crippen molar-refractivity contribution < 1.29 is 8.42 Å². The van der Waals surface area contributed by atoms with E-state index in [4.69, 9.17) is 0 Å². The van der Waals surface area contributed by atoms with E-state index in [0.29, 0.717) is 24.5 Å². The van der Waals surface area contributed by atoms with Gasteiger partial charge in [0.25, 0.3) is 0 Å². The molecular formula is C20H31N3O2S. The van der Waals surface area contributed by atoms with E-state index in [9.17, 15) is 8.42 Å². The maximum Gasteiger partial charge on any atom is 0.208 e. The van der Waals surface area contributed by atoms with Gasteiger partial charge >= 0.3 is 0 Å². The third kappa shape index (κ3) is 6.20. The number of rotatable bonds is 8. The molecule has 0 radical (unpaired) electrons. The Morgan fingerprint density at radius 3 is 2.58 bits per heavy atom. The van der Waals surface area contributed by atoms with Gasteiger partial charge in [0.15, 0.2) is 0 Å². The van der Waals surface area contributed by atoms with E-state index in [0.717, 1.165) is 32.5 Å². The van der Waals surface area contributed by atoms with E-state index in [1.54, 1.807) is 0 Å². The van der Waals surface area contributed by atoms with Crippen molar-refractivity contribution >= 4 is 16.1 Å². The molecule has 2 fully saturated rings. The summed E-state index contributed by atoms with van der Waals surface area (Å²) in [6.45, 7) is 5.63. The van der Waals surface area contributed by atoms with Crippen LogP contribution < -0.4 is 10.0 Å². The van der Waals surface area contributed by atoms with E-state index in [1.807, 2.05) is 0 Å². The fourth-order valence-electron chi connectivity index (χ4n) is 3.82. The Morgan fingerprint density at radius 1 is 1.23 bits per heavy atom. The van der Waals surface area contributed by atoms with Crippen LogP contribution in [0, 0.1) is 5.92 Å². The molecule has 1 saturated heterocycles. The van der Waals surface area contributed by atoms with E-state index >= 15 is 0 Å². The fraction of sp³-hybridized carbons (Fsp3) is 0.600. The van der Waals surface area contributed by atoms with Gasteiger partial charge in [-0.05, 0) is 50.8 Å². The maximum absolute atomic E-state index is 11.1. The van der Waals surface area contributed by atoms with Crippen LogP contribution in [0.4, 0.5) is 0 Å². The smallest absolute Gasteiger partial charge is 0.208 e. The van der Waals surface area contributed by atoms with Crippen molar-refractivity contribution in [3.8, 4) is 0 Å². The van der Waals surface area contributed by atoms with Gasteiger partial charge in [0.2, 0.25) is 10.0 Å². The first-order valence-electron chi connectivity index (χ1n) is 9.57. The molecule has 2 aliphatic rings. The van der Waals surface area contributed by atoms with Crippen molar-refractivity contribution in [2.24, 2.45) is 5.92 Å². The number of likely N-dealkylation sites (tertiary alicyclic amines) is 1. The van der Waals surface area contributed by atoms with Gasteiger partial charge in [-0.2, -0.15) is 0 Å². The average molecular weight is 378 g/mol. The Morgan fingerprint density at radius 2 is 1.92 bits per heavy atom. The summed E-state index contributed by atoms with van der Waals surface area (Å²) in [5.74, 6) is 0.673. The van der Waals surface area contributed by atoms with Crippen LogP contribution >= 0.6 is 0 Å². The van der Waals surface area contributed by atoms with Gasteiger partial charge in [0, 0.05) is 25.2 Å². The van der Waals surface area contributed by atoms with E-state index in [1.165, 1.54) is 23.8 Å². The second-order valence-corrected chi connectivity index (χ2v) is 9.53. The van der Waals surface area contributed by atoms with Crippen molar-refractivity contribution in [1.29, 1.82) is 0 Å². The lowest BCUT2D eigenvalue weighted by Gasteiger charge is -2.32. The molecule has 2 N–H and O–H groups in total. The molecule has 6 heteroatoms. The zero-order valence-corrected chi connectivity index (χ0v) is 16.6. The second-order valence-electron chi connectivity index (χ2n) is 7.70. The Kier molecular flexibility index (Phi) is 6.51. The molecular weight excluding hydrogens is 346 g/mol. The van der Waals surface area contributed by atoms with Crippen molar-refractivity contribution in [1.82, 2.24) is 14.9 Å². The predicted molar refractivity (Wildman–Crippen MR) is 107 cm³/mol. The Labute approximate surface area is 157 Å². The molecule has 0 bridgehead atoms. The average Bonchev–Trinajstić information content (AvgIpc) is 3.36. The lowest BCUT2D eigenvalue weighted by Crippen LogP contribution is -2.45. The van der Waals surface area contributed by atoms with Crippen LogP contribution in [0.15, 0.2) is 35.9 Å². The van der Waals surface area contributed by atoms with Crippen LogP contribution in [0.5, 0.6) is 0 Å². The number of nitrogens with one attached hydrogen (secondary N) is 2. The van der Waals surface area contributed by atoms with Crippen LogP contribution in [0.25, 0.3) is 6.08 Å².